The molecular formula is C13H25NO2. The van der Waals surface area contributed by atoms with Crippen LogP contribution in [0.15, 0.2) is 0 Å². The first-order valence-electron chi connectivity index (χ1n) is 6.72. The van der Waals surface area contributed by atoms with Gasteiger partial charge in [-0.25, -0.2) is 0 Å². The van der Waals surface area contributed by atoms with Crippen LogP contribution < -0.4 is 5.32 Å². The Hall–Kier alpha value is -0.120. The summed E-state index contributed by atoms with van der Waals surface area (Å²) in [5.74, 6) is 0. The van der Waals surface area contributed by atoms with Crippen LogP contribution in [0.2, 0.25) is 0 Å². The molecule has 3 heteroatoms. The fourth-order valence-electron chi connectivity index (χ4n) is 3.49. The highest BCUT2D eigenvalue weighted by atomic mass is 16.5. The van der Waals surface area contributed by atoms with Crippen molar-refractivity contribution in [1.29, 1.82) is 0 Å². The van der Waals surface area contributed by atoms with Crippen LogP contribution in [0, 0.1) is 5.41 Å². The predicted octanol–water partition coefficient (Wildman–Crippen LogP) is 1.69. The third-order valence-electron chi connectivity index (χ3n) is 4.35. The van der Waals surface area contributed by atoms with Gasteiger partial charge in [0.2, 0.25) is 0 Å². The second kappa shape index (κ2) is 5.03. The van der Waals surface area contributed by atoms with E-state index in [1.807, 2.05) is 6.92 Å². The molecule has 94 valence electrons. The summed E-state index contributed by atoms with van der Waals surface area (Å²) in [5, 5.41) is 12.8. The zero-order valence-electron chi connectivity index (χ0n) is 10.5. The van der Waals surface area contributed by atoms with Crippen molar-refractivity contribution in [2.75, 3.05) is 13.2 Å². The van der Waals surface area contributed by atoms with Crippen molar-refractivity contribution in [2.24, 2.45) is 5.41 Å². The van der Waals surface area contributed by atoms with Gasteiger partial charge in [-0.3, -0.25) is 0 Å². The van der Waals surface area contributed by atoms with Crippen LogP contribution in [0.5, 0.6) is 0 Å². The smallest absolute Gasteiger partial charge is 0.0661 e. The van der Waals surface area contributed by atoms with Crippen LogP contribution >= 0.6 is 0 Å². The third-order valence-corrected chi connectivity index (χ3v) is 4.35. The van der Waals surface area contributed by atoms with E-state index in [1.165, 1.54) is 25.7 Å². The van der Waals surface area contributed by atoms with E-state index in [0.717, 1.165) is 13.0 Å². The van der Waals surface area contributed by atoms with E-state index in [4.69, 9.17) is 4.74 Å². The Balaban J connectivity index is 1.90. The van der Waals surface area contributed by atoms with Crippen molar-refractivity contribution in [3.8, 4) is 0 Å². The van der Waals surface area contributed by atoms with E-state index in [9.17, 15) is 5.11 Å². The lowest BCUT2D eigenvalue weighted by Gasteiger charge is -2.54. The topological polar surface area (TPSA) is 41.5 Å². The number of ether oxygens (including phenoxy) is 1. The Labute approximate surface area is 98.6 Å². The van der Waals surface area contributed by atoms with Crippen molar-refractivity contribution in [1.82, 2.24) is 5.32 Å². The first-order chi connectivity index (χ1) is 7.69. The second-order valence-electron chi connectivity index (χ2n) is 5.43. The molecule has 0 aromatic carbocycles. The molecule has 2 aliphatic rings. The van der Waals surface area contributed by atoms with Crippen LogP contribution in [-0.4, -0.2) is 36.5 Å². The Morgan fingerprint density at radius 1 is 1.44 bits per heavy atom. The summed E-state index contributed by atoms with van der Waals surface area (Å²) in [6, 6.07) is 0.571. The van der Waals surface area contributed by atoms with Gasteiger partial charge in [0.15, 0.2) is 0 Å². The van der Waals surface area contributed by atoms with Gasteiger partial charge in [0.05, 0.1) is 12.2 Å². The van der Waals surface area contributed by atoms with Crippen LogP contribution in [0.3, 0.4) is 0 Å². The number of hydrogen-bond donors (Lipinski definition) is 2. The van der Waals surface area contributed by atoms with Crippen molar-refractivity contribution in [2.45, 2.75) is 64.2 Å². The first kappa shape index (κ1) is 12.3. The molecule has 0 amide bonds. The third kappa shape index (κ3) is 2.13. The SMILES string of the molecule is CCOC1CC(NC[C@@H](C)O)C12CCCC2. The number of rotatable bonds is 5. The van der Waals surface area contributed by atoms with Gasteiger partial charge in [-0.2, -0.15) is 0 Å². The summed E-state index contributed by atoms with van der Waals surface area (Å²) >= 11 is 0. The van der Waals surface area contributed by atoms with Crippen LogP contribution in [0.4, 0.5) is 0 Å². The quantitative estimate of drug-likeness (QED) is 0.751. The maximum Gasteiger partial charge on any atom is 0.0661 e. The van der Waals surface area contributed by atoms with Gasteiger partial charge in [-0.15, -0.1) is 0 Å². The maximum absolute atomic E-state index is 9.33. The lowest BCUT2D eigenvalue weighted by molar-refractivity contribution is -0.131. The van der Waals surface area contributed by atoms with Crippen molar-refractivity contribution < 1.29 is 9.84 Å². The summed E-state index contributed by atoms with van der Waals surface area (Å²) in [4.78, 5) is 0. The fourth-order valence-corrected chi connectivity index (χ4v) is 3.49. The molecule has 2 aliphatic carbocycles. The molecule has 1 spiro atoms. The normalized spacial score (nSPS) is 33.9. The second-order valence-corrected chi connectivity index (χ2v) is 5.43. The standard InChI is InChI=1S/C13H25NO2/c1-3-16-12-8-11(14-9-10(2)15)13(12)6-4-5-7-13/h10-12,14-15H,3-9H2,1-2H3/t10-,11?,12?/m1/s1. The van der Waals surface area contributed by atoms with Crippen LogP contribution in [0.1, 0.15) is 46.0 Å². The molecule has 0 radical (unpaired) electrons. The molecule has 2 fully saturated rings. The van der Waals surface area contributed by atoms with E-state index < -0.39 is 0 Å². The van der Waals surface area contributed by atoms with Gasteiger partial charge >= 0.3 is 0 Å². The Morgan fingerprint density at radius 2 is 2.12 bits per heavy atom. The van der Waals surface area contributed by atoms with Gasteiger partial charge in [-0.05, 0) is 33.1 Å². The first-order valence-corrected chi connectivity index (χ1v) is 6.72. The summed E-state index contributed by atoms with van der Waals surface area (Å²) in [6.45, 7) is 5.47. The zero-order chi connectivity index (χ0) is 11.6. The number of hydrogen-bond acceptors (Lipinski definition) is 3. The molecule has 2 rings (SSSR count). The van der Waals surface area contributed by atoms with E-state index in [-0.39, 0.29) is 6.10 Å². The van der Waals surface area contributed by atoms with Crippen molar-refractivity contribution in [3.05, 3.63) is 0 Å². The summed E-state index contributed by atoms with van der Waals surface area (Å²) in [6.07, 6.45) is 6.63. The lowest BCUT2D eigenvalue weighted by atomic mass is 9.60. The molecule has 16 heavy (non-hydrogen) atoms. The van der Waals surface area contributed by atoms with E-state index in [1.54, 1.807) is 0 Å². The largest absolute Gasteiger partial charge is 0.392 e. The minimum atomic E-state index is -0.246. The molecule has 3 atom stereocenters. The molecule has 0 saturated heterocycles. The summed E-state index contributed by atoms with van der Waals surface area (Å²) in [7, 11) is 0. The Morgan fingerprint density at radius 3 is 2.69 bits per heavy atom. The highest BCUT2D eigenvalue weighted by molar-refractivity contribution is 5.09. The number of nitrogens with one attached hydrogen (secondary N) is 1. The van der Waals surface area contributed by atoms with Gasteiger partial charge in [0.1, 0.15) is 0 Å². The molecule has 3 nitrogen and oxygen atoms in total. The molecule has 0 bridgehead atoms. The minimum absolute atomic E-state index is 0.246. The predicted molar refractivity (Wildman–Crippen MR) is 64.4 cm³/mol. The van der Waals surface area contributed by atoms with Crippen molar-refractivity contribution in [3.63, 3.8) is 0 Å². The van der Waals surface area contributed by atoms with Gasteiger partial charge in [-0.1, -0.05) is 12.8 Å². The van der Waals surface area contributed by atoms with Gasteiger partial charge < -0.3 is 15.2 Å². The highest BCUT2D eigenvalue weighted by Gasteiger charge is 2.56. The Bertz CT molecular complexity index is 224. The summed E-state index contributed by atoms with van der Waals surface area (Å²) < 4.78 is 5.85. The zero-order valence-corrected chi connectivity index (χ0v) is 10.5. The average molecular weight is 227 g/mol. The molecular weight excluding hydrogens is 202 g/mol. The van der Waals surface area contributed by atoms with Gasteiger partial charge in [0.25, 0.3) is 0 Å². The average Bonchev–Trinajstić information content (AvgIpc) is 2.73. The van der Waals surface area contributed by atoms with Crippen LogP contribution in [-0.2, 0) is 4.74 Å². The Kier molecular flexibility index (Phi) is 3.88. The van der Waals surface area contributed by atoms with E-state index in [0.29, 0.717) is 24.1 Å². The molecule has 0 aromatic heterocycles. The fraction of sp³-hybridized carbons (Fsp3) is 1.00. The molecule has 2 saturated carbocycles. The molecule has 2 N–H and O–H groups in total. The van der Waals surface area contributed by atoms with E-state index in [2.05, 4.69) is 12.2 Å². The van der Waals surface area contributed by atoms with Gasteiger partial charge in [0, 0.05) is 24.6 Å². The summed E-state index contributed by atoms with van der Waals surface area (Å²) in [5.41, 5.74) is 0.394. The molecule has 2 unspecified atom stereocenters. The number of aliphatic hydroxyl groups excluding tert-OH is 1. The minimum Gasteiger partial charge on any atom is -0.392 e. The van der Waals surface area contributed by atoms with Crippen molar-refractivity contribution >= 4 is 0 Å². The lowest BCUT2D eigenvalue weighted by Crippen LogP contribution is -2.63. The molecule has 0 heterocycles. The highest BCUT2D eigenvalue weighted by Crippen LogP contribution is 2.54. The monoisotopic (exact) mass is 227 g/mol. The molecule has 0 aliphatic heterocycles. The number of aliphatic hydroxyl groups is 1. The van der Waals surface area contributed by atoms with E-state index >= 15 is 0 Å². The van der Waals surface area contributed by atoms with Crippen LogP contribution in [0.25, 0.3) is 0 Å². The molecule has 0 aromatic rings. The maximum atomic E-state index is 9.33.